The minimum Gasteiger partial charge on any atom is -0.379 e. The third kappa shape index (κ3) is 2.94. The summed E-state index contributed by atoms with van der Waals surface area (Å²) < 4.78 is 5.33. The molecule has 0 aliphatic carbocycles. The zero-order valence-corrected chi connectivity index (χ0v) is 11.1. The molecule has 0 bridgehead atoms. The van der Waals surface area contributed by atoms with Crippen LogP contribution in [0.3, 0.4) is 0 Å². The van der Waals surface area contributed by atoms with E-state index in [1.54, 1.807) is 12.4 Å². The molecule has 2 heterocycles. The molecule has 1 saturated heterocycles. The number of ether oxygens (including phenoxy) is 1. The molecule has 4 heteroatoms. The highest BCUT2D eigenvalue weighted by atomic mass is 16.5. The molecule has 0 radical (unpaired) electrons. The lowest BCUT2D eigenvalue weighted by molar-refractivity contribution is -0.131. The van der Waals surface area contributed by atoms with Crippen molar-refractivity contribution in [3.63, 3.8) is 0 Å². The number of hydrogen-bond acceptors (Lipinski definition) is 4. The van der Waals surface area contributed by atoms with Gasteiger partial charge in [-0.3, -0.25) is 14.7 Å². The quantitative estimate of drug-likeness (QED) is 0.805. The summed E-state index contributed by atoms with van der Waals surface area (Å²) in [5.74, 6) is 0.234. The van der Waals surface area contributed by atoms with Crippen molar-refractivity contribution in [2.45, 2.75) is 25.8 Å². The Labute approximate surface area is 108 Å². The molecule has 4 nitrogen and oxygen atoms in total. The molecule has 0 unspecified atom stereocenters. The number of hydrogen-bond donors (Lipinski definition) is 0. The standard InChI is InChI=1S/C14H20N2O2/c1-14(2,16-6-8-18-9-7-16)13(17)10-12-4-3-5-15-11-12/h3-5,11H,6-10H2,1-2H3. The van der Waals surface area contributed by atoms with Crippen LogP contribution in [0, 0.1) is 0 Å². The summed E-state index contributed by atoms with van der Waals surface area (Å²) >= 11 is 0. The SMILES string of the molecule is CC(C)(C(=O)Cc1cccnc1)N1CCOCC1. The molecule has 0 atom stereocenters. The van der Waals surface area contributed by atoms with E-state index in [0.29, 0.717) is 19.6 Å². The average Bonchev–Trinajstić information content (AvgIpc) is 2.41. The number of pyridine rings is 1. The predicted molar refractivity (Wildman–Crippen MR) is 69.4 cm³/mol. The van der Waals surface area contributed by atoms with Gasteiger partial charge in [0.05, 0.1) is 18.8 Å². The first kappa shape index (κ1) is 13.2. The zero-order valence-electron chi connectivity index (χ0n) is 11.1. The lowest BCUT2D eigenvalue weighted by atomic mass is 9.92. The average molecular weight is 248 g/mol. The van der Waals surface area contributed by atoms with Crippen LogP contribution in [0.5, 0.6) is 0 Å². The van der Waals surface area contributed by atoms with Crippen LogP contribution < -0.4 is 0 Å². The second kappa shape index (κ2) is 5.59. The Hall–Kier alpha value is -1.26. The van der Waals surface area contributed by atoms with Gasteiger partial charge in [-0.1, -0.05) is 6.07 Å². The van der Waals surface area contributed by atoms with Crippen molar-refractivity contribution in [1.29, 1.82) is 0 Å². The summed E-state index contributed by atoms with van der Waals surface area (Å²) in [5, 5.41) is 0. The Kier molecular flexibility index (Phi) is 4.09. The number of rotatable bonds is 4. The number of nitrogens with zero attached hydrogens (tertiary/aromatic N) is 2. The molecular formula is C14H20N2O2. The van der Waals surface area contributed by atoms with E-state index in [1.165, 1.54) is 0 Å². The maximum atomic E-state index is 12.4. The van der Waals surface area contributed by atoms with Gasteiger partial charge in [0.25, 0.3) is 0 Å². The van der Waals surface area contributed by atoms with Gasteiger partial charge in [0.15, 0.2) is 5.78 Å². The third-order valence-corrected chi connectivity index (χ3v) is 3.57. The first-order valence-corrected chi connectivity index (χ1v) is 6.36. The van der Waals surface area contributed by atoms with Gasteiger partial charge in [-0.2, -0.15) is 0 Å². The summed E-state index contributed by atoms with van der Waals surface area (Å²) in [4.78, 5) is 18.7. The summed E-state index contributed by atoms with van der Waals surface area (Å²) in [6.07, 6.45) is 3.92. The third-order valence-electron chi connectivity index (χ3n) is 3.57. The Bertz CT molecular complexity index is 398. The van der Waals surface area contributed by atoms with Gasteiger partial charge < -0.3 is 4.74 Å². The second-order valence-corrected chi connectivity index (χ2v) is 5.12. The molecule has 1 aromatic rings. The van der Waals surface area contributed by atoms with Gasteiger partial charge in [-0.15, -0.1) is 0 Å². The van der Waals surface area contributed by atoms with Crippen LogP contribution in [0.15, 0.2) is 24.5 Å². The van der Waals surface area contributed by atoms with E-state index in [4.69, 9.17) is 4.74 Å². The smallest absolute Gasteiger partial charge is 0.156 e. The van der Waals surface area contributed by atoms with Gasteiger partial charge in [0.1, 0.15) is 0 Å². The number of carbonyl (C=O) groups excluding carboxylic acids is 1. The van der Waals surface area contributed by atoms with Gasteiger partial charge >= 0.3 is 0 Å². The van der Waals surface area contributed by atoms with E-state index in [1.807, 2.05) is 26.0 Å². The number of Topliss-reactive ketones (excluding diaryl/α,β-unsaturated/α-hetero) is 1. The summed E-state index contributed by atoms with van der Waals surface area (Å²) in [6, 6.07) is 3.81. The fraction of sp³-hybridized carbons (Fsp3) is 0.571. The first-order valence-electron chi connectivity index (χ1n) is 6.36. The summed E-state index contributed by atoms with van der Waals surface area (Å²) in [7, 11) is 0. The first-order chi connectivity index (χ1) is 8.60. The van der Waals surface area contributed by atoms with Crippen molar-refractivity contribution in [3.8, 4) is 0 Å². The second-order valence-electron chi connectivity index (χ2n) is 5.12. The van der Waals surface area contributed by atoms with Crippen LogP contribution >= 0.6 is 0 Å². The van der Waals surface area contributed by atoms with Crippen molar-refractivity contribution >= 4 is 5.78 Å². The monoisotopic (exact) mass is 248 g/mol. The highest BCUT2D eigenvalue weighted by molar-refractivity contribution is 5.89. The number of carbonyl (C=O) groups is 1. The van der Waals surface area contributed by atoms with Crippen LogP contribution in [0.25, 0.3) is 0 Å². The molecule has 1 fully saturated rings. The number of aromatic nitrogens is 1. The molecule has 1 aliphatic heterocycles. The van der Waals surface area contributed by atoms with Crippen molar-refractivity contribution < 1.29 is 9.53 Å². The topological polar surface area (TPSA) is 42.4 Å². The van der Waals surface area contributed by atoms with E-state index < -0.39 is 5.54 Å². The number of morpholine rings is 1. The summed E-state index contributed by atoms with van der Waals surface area (Å²) in [5.41, 5.74) is 0.545. The molecule has 0 amide bonds. The predicted octanol–water partition coefficient (Wildman–Crippen LogP) is 1.30. The van der Waals surface area contributed by atoms with Crippen molar-refractivity contribution in [2.24, 2.45) is 0 Å². The van der Waals surface area contributed by atoms with Crippen LogP contribution in [0.1, 0.15) is 19.4 Å². The Morgan fingerprint density at radius 1 is 1.44 bits per heavy atom. The molecular weight excluding hydrogens is 228 g/mol. The van der Waals surface area contributed by atoms with E-state index in [2.05, 4.69) is 9.88 Å². The zero-order chi connectivity index (χ0) is 13.0. The lowest BCUT2D eigenvalue weighted by Crippen LogP contribution is -2.54. The normalized spacial score (nSPS) is 17.7. The Balaban J connectivity index is 2.02. The molecule has 1 aromatic heterocycles. The lowest BCUT2D eigenvalue weighted by Gasteiger charge is -2.39. The molecule has 0 saturated carbocycles. The van der Waals surface area contributed by atoms with Gasteiger partial charge in [0.2, 0.25) is 0 Å². The van der Waals surface area contributed by atoms with E-state index in [0.717, 1.165) is 18.7 Å². The van der Waals surface area contributed by atoms with Gasteiger partial charge in [-0.05, 0) is 25.5 Å². The van der Waals surface area contributed by atoms with Crippen LogP contribution in [-0.4, -0.2) is 47.5 Å². The number of ketones is 1. The highest BCUT2D eigenvalue weighted by Gasteiger charge is 2.34. The fourth-order valence-corrected chi connectivity index (χ4v) is 2.20. The molecule has 18 heavy (non-hydrogen) atoms. The largest absolute Gasteiger partial charge is 0.379 e. The maximum absolute atomic E-state index is 12.4. The molecule has 2 rings (SSSR count). The van der Waals surface area contributed by atoms with Crippen LogP contribution in [-0.2, 0) is 16.0 Å². The van der Waals surface area contributed by atoms with E-state index >= 15 is 0 Å². The molecule has 1 aliphatic rings. The Morgan fingerprint density at radius 2 is 2.17 bits per heavy atom. The molecule has 0 N–H and O–H groups in total. The van der Waals surface area contributed by atoms with Gasteiger partial charge in [0, 0.05) is 31.9 Å². The van der Waals surface area contributed by atoms with Gasteiger partial charge in [-0.25, -0.2) is 0 Å². The molecule has 0 aromatic carbocycles. The maximum Gasteiger partial charge on any atom is 0.156 e. The van der Waals surface area contributed by atoms with Crippen molar-refractivity contribution in [1.82, 2.24) is 9.88 Å². The molecule has 0 spiro atoms. The van der Waals surface area contributed by atoms with Crippen molar-refractivity contribution in [3.05, 3.63) is 30.1 Å². The highest BCUT2D eigenvalue weighted by Crippen LogP contribution is 2.19. The minimum absolute atomic E-state index is 0.234. The minimum atomic E-state index is -0.431. The summed E-state index contributed by atoms with van der Waals surface area (Å²) in [6.45, 7) is 7.07. The van der Waals surface area contributed by atoms with Crippen LogP contribution in [0.4, 0.5) is 0 Å². The van der Waals surface area contributed by atoms with E-state index in [9.17, 15) is 4.79 Å². The Morgan fingerprint density at radius 3 is 2.78 bits per heavy atom. The van der Waals surface area contributed by atoms with Crippen molar-refractivity contribution in [2.75, 3.05) is 26.3 Å². The van der Waals surface area contributed by atoms with Crippen LogP contribution in [0.2, 0.25) is 0 Å². The van der Waals surface area contributed by atoms with E-state index in [-0.39, 0.29) is 5.78 Å². The molecule has 98 valence electrons. The fourth-order valence-electron chi connectivity index (χ4n) is 2.20.